The summed E-state index contributed by atoms with van der Waals surface area (Å²) in [6, 6.07) is 6.45. The molecule has 1 aromatic rings. The first kappa shape index (κ1) is 15.2. The second kappa shape index (κ2) is 7.55. The molecule has 1 aliphatic carbocycles. The zero-order valence-electron chi connectivity index (χ0n) is 11.4. The largest absolute Gasteiger partial charge is 0.496 e. The minimum absolute atomic E-state index is 0.242. The average molecular weight is 344 g/mol. The van der Waals surface area contributed by atoms with Crippen LogP contribution >= 0.6 is 27.7 Å². The maximum Gasteiger partial charge on any atom is 0.133 e. The number of benzene rings is 1. The second-order valence-electron chi connectivity index (χ2n) is 5.17. The van der Waals surface area contributed by atoms with E-state index in [1.165, 1.54) is 31.2 Å². The molecular formula is C15H22BrNOS. The first-order valence-corrected chi connectivity index (χ1v) is 8.73. The molecular weight excluding hydrogens is 322 g/mol. The molecule has 0 heterocycles. The zero-order chi connectivity index (χ0) is 13.7. The lowest BCUT2D eigenvalue weighted by atomic mass is 10.1. The molecule has 1 fully saturated rings. The first-order chi connectivity index (χ1) is 9.19. The summed E-state index contributed by atoms with van der Waals surface area (Å²) in [6.45, 7) is 0. The molecule has 0 aliphatic heterocycles. The van der Waals surface area contributed by atoms with Gasteiger partial charge in [0.25, 0.3) is 0 Å². The van der Waals surface area contributed by atoms with Gasteiger partial charge in [0.2, 0.25) is 0 Å². The van der Waals surface area contributed by atoms with Crippen molar-refractivity contribution in [2.45, 2.75) is 43.4 Å². The predicted octanol–water partition coefficient (Wildman–Crippen LogP) is 4.00. The lowest BCUT2D eigenvalue weighted by Crippen LogP contribution is -2.26. The van der Waals surface area contributed by atoms with E-state index in [-0.39, 0.29) is 6.04 Å². The molecule has 0 spiro atoms. The van der Waals surface area contributed by atoms with E-state index in [1.807, 2.05) is 6.07 Å². The van der Waals surface area contributed by atoms with Crippen LogP contribution in [0.1, 0.15) is 31.2 Å². The lowest BCUT2D eigenvalue weighted by molar-refractivity contribution is 0.412. The van der Waals surface area contributed by atoms with Crippen molar-refractivity contribution in [3.63, 3.8) is 0 Å². The van der Waals surface area contributed by atoms with Crippen LogP contribution in [0.15, 0.2) is 22.7 Å². The van der Waals surface area contributed by atoms with Gasteiger partial charge in [0, 0.05) is 17.0 Å². The first-order valence-electron chi connectivity index (χ1n) is 6.88. The Morgan fingerprint density at radius 2 is 2.16 bits per heavy atom. The molecule has 1 aromatic carbocycles. The van der Waals surface area contributed by atoms with Crippen LogP contribution in [0.2, 0.25) is 0 Å². The summed E-state index contributed by atoms with van der Waals surface area (Å²) in [4.78, 5) is 0. The number of hydrogen-bond donors (Lipinski definition) is 1. The van der Waals surface area contributed by atoms with Crippen molar-refractivity contribution in [2.75, 3.05) is 12.9 Å². The number of halogens is 1. The Morgan fingerprint density at radius 1 is 1.42 bits per heavy atom. The van der Waals surface area contributed by atoms with E-state index in [2.05, 4.69) is 39.8 Å². The second-order valence-corrected chi connectivity index (χ2v) is 7.36. The maximum absolute atomic E-state index is 6.24. The van der Waals surface area contributed by atoms with Crippen molar-refractivity contribution in [2.24, 2.45) is 5.73 Å². The van der Waals surface area contributed by atoms with Crippen LogP contribution in [0.25, 0.3) is 0 Å². The Morgan fingerprint density at radius 3 is 2.79 bits per heavy atom. The molecule has 2 rings (SSSR count). The molecule has 19 heavy (non-hydrogen) atoms. The van der Waals surface area contributed by atoms with E-state index < -0.39 is 0 Å². The third kappa shape index (κ3) is 4.69. The van der Waals surface area contributed by atoms with Crippen LogP contribution in [0.4, 0.5) is 0 Å². The molecule has 1 unspecified atom stereocenters. The quantitative estimate of drug-likeness (QED) is 0.847. The summed E-state index contributed by atoms with van der Waals surface area (Å²) in [6.07, 6.45) is 6.50. The summed E-state index contributed by atoms with van der Waals surface area (Å²) in [7, 11) is 1.68. The lowest BCUT2D eigenvalue weighted by Gasteiger charge is -2.15. The van der Waals surface area contributed by atoms with Gasteiger partial charge in [-0.25, -0.2) is 0 Å². The highest BCUT2D eigenvalue weighted by atomic mass is 79.9. The van der Waals surface area contributed by atoms with Gasteiger partial charge in [-0.15, -0.1) is 0 Å². The molecule has 1 saturated carbocycles. The number of thioether (sulfide) groups is 1. The van der Waals surface area contributed by atoms with Gasteiger partial charge in [-0.1, -0.05) is 18.9 Å². The molecule has 0 bridgehead atoms. The van der Waals surface area contributed by atoms with Crippen molar-refractivity contribution < 1.29 is 4.74 Å². The highest BCUT2D eigenvalue weighted by Gasteiger charge is 2.16. The van der Waals surface area contributed by atoms with Crippen LogP contribution in [0.5, 0.6) is 5.75 Å². The summed E-state index contributed by atoms with van der Waals surface area (Å²) < 4.78 is 6.24. The Labute approximate surface area is 128 Å². The average Bonchev–Trinajstić information content (AvgIpc) is 2.90. The van der Waals surface area contributed by atoms with Gasteiger partial charge in [-0.05, 0) is 52.9 Å². The van der Waals surface area contributed by atoms with Crippen molar-refractivity contribution >= 4 is 27.7 Å². The number of hydrogen-bond acceptors (Lipinski definition) is 3. The minimum atomic E-state index is 0.242. The van der Waals surface area contributed by atoms with Crippen molar-refractivity contribution in [3.05, 3.63) is 28.2 Å². The van der Waals surface area contributed by atoms with Gasteiger partial charge in [0.05, 0.1) is 11.6 Å². The van der Waals surface area contributed by atoms with Gasteiger partial charge in [-0.3, -0.25) is 0 Å². The van der Waals surface area contributed by atoms with Crippen LogP contribution in [-0.4, -0.2) is 24.2 Å². The normalized spacial score (nSPS) is 17.6. The topological polar surface area (TPSA) is 35.2 Å². The van der Waals surface area contributed by atoms with Crippen LogP contribution in [0, 0.1) is 0 Å². The highest BCUT2D eigenvalue weighted by Crippen LogP contribution is 2.30. The van der Waals surface area contributed by atoms with Crippen LogP contribution in [-0.2, 0) is 6.42 Å². The molecule has 1 atom stereocenters. The fourth-order valence-corrected chi connectivity index (χ4v) is 4.41. The summed E-state index contributed by atoms with van der Waals surface area (Å²) in [5.41, 5.74) is 7.51. The van der Waals surface area contributed by atoms with E-state index >= 15 is 0 Å². The number of methoxy groups -OCH3 is 1. The molecule has 4 heteroatoms. The van der Waals surface area contributed by atoms with Crippen LogP contribution in [0.3, 0.4) is 0 Å². The summed E-state index contributed by atoms with van der Waals surface area (Å²) >= 11 is 5.58. The molecule has 1 aliphatic rings. The molecule has 0 amide bonds. The smallest absolute Gasteiger partial charge is 0.133 e. The SMILES string of the molecule is COc1ccc(CC(N)CSC2CCCC2)cc1Br. The third-order valence-electron chi connectivity index (χ3n) is 3.56. The van der Waals surface area contributed by atoms with E-state index in [1.54, 1.807) is 7.11 Å². The summed E-state index contributed by atoms with van der Waals surface area (Å²) in [5.74, 6) is 1.94. The predicted molar refractivity (Wildman–Crippen MR) is 87.1 cm³/mol. The van der Waals surface area contributed by atoms with Gasteiger partial charge >= 0.3 is 0 Å². The molecule has 2 N–H and O–H groups in total. The van der Waals surface area contributed by atoms with Crippen molar-refractivity contribution in [1.29, 1.82) is 0 Å². The number of ether oxygens (including phenoxy) is 1. The van der Waals surface area contributed by atoms with Gasteiger partial charge in [-0.2, -0.15) is 11.8 Å². The fourth-order valence-electron chi connectivity index (χ4n) is 2.51. The third-order valence-corrected chi connectivity index (χ3v) is 5.75. The Balaban J connectivity index is 1.80. The Kier molecular flexibility index (Phi) is 6.05. The molecule has 2 nitrogen and oxygen atoms in total. The highest BCUT2D eigenvalue weighted by molar-refractivity contribution is 9.10. The van der Waals surface area contributed by atoms with E-state index in [9.17, 15) is 0 Å². The Bertz CT molecular complexity index is 407. The van der Waals surface area contributed by atoms with Crippen molar-refractivity contribution in [1.82, 2.24) is 0 Å². The molecule has 0 saturated heterocycles. The van der Waals surface area contributed by atoms with E-state index in [0.717, 1.165) is 27.6 Å². The summed E-state index contributed by atoms with van der Waals surface area (Å²) in [5, 5.41) is 0.855. The van der Waals surface area contributed by atoms with Crippen LogP contribution < -0.4 is 10.5 Å². The molecule has 106 valence electrons. The standard InChI is InChI=1S/C15H22BrNOS/c1-18-15-7-6-11(9-14(15)16)8-12(17)10-19-13-4-2-3-5-13/h6-7,9,12-13H,2-5,8,10,17H2,1H3. The van der Waals surface area contributed by atoms with E-state index in [4.69, 9.17) is 10.5 Å². The molecule has 0 radical (unpaired) electrons. The Hall–Kier alpha value is -0.190. The van der Waals surface area contributed by atoms with Gasteiger partial charge < -0.3 is 10.5 Å². The minimum Gasteiger partial charge on any atom is -0.496 e. The van der Waals surface area contributed by atoms with Crippen molar-refractivity contribution in [3.8, 4) is 5.75 Å². The van der Waals surface area contributed by atoms with Gasteiger partial charge in [0.1, 0.15) is 5.75 Å². The fraction of sp³-hybridized carbons (Fsp3) is 0.600. The monoisotopic (exact) mass is 343 g/mol. The number of nitrogens with two attached hydrogens (primary N) is 1. The molecule has 0 aromatic heterocycles. The zero-order valence-corrected chi connectivity index (χ0v) is 13.8. The number of rotatable bonds is 6. The van der Waals surface area contributed by atoms with E-state index in [0.29, 0.717) is 0 Å². The maximum atomic E-state index is 6.24. The van der Waals surface area contributed by atoms with Gasteiger partial charge in [0.15, 0.2) is 0 Å².